The highest BCUT2D eigenvalue weighted by atomic mass is 32.2. The summed E-state index contributed by atoms with van der Waals surface area (Å²) in [4.78, 5) is 61.5. The maximum Gasteiger partial charge on any atom is 0.266 e. The van der Waals surface area contributed by atoms with Crippen molar-refractivity contribution in [2.45, 2.75) is 57.1 Å². The van der Waals surface area contributed by atoms with E-state index < -0.39 is 57.3 Å². The van der Waals surface area contributed by atoms with E-state index in [4.69, 9.17) is 4.84 Å². The topological polar surface area (TPSA) is 163 Å². The van der Waals surface area contributed by atoms with E-state index in [-0.39, 0.29) is 25.7 Å². The second-order valence-corrected chi connectivity index (χ2v) is 16.3. The van der Waals surface area contributed by atoms with Gasteiger partial charge in [-0.15, -0.1) is 0 Å². The third-order valence-electron chi connectivity index (χ3n) is 9.16. The molecule has 1 saturated carbocycles. The molecular formula is C37H39N4O8S3+. The van der Waals surface area contributed by atoms with Crippen LogP contribution in [0, 0.1) is 5.41 Å². The molecule has 1 fully saturated rings. The van der Waals surface area contributed by atoms with Gasteiger partial charge in [0.2, 0.25) is 17.5 Å². The van der Waals surface area contributed by atoms with E-state index in [2.05, 4.69) is 34.1 Å². The van der Waals surface area contributed by atoms with E-state index in [0.717, 1.165) is 30.8 Å². The molecule has 52 heavy (non-hydrogen) atoms. The number of hydroxylamine groups is 1. The van der Waals surface area contributed by atoms with Gasteiger partial charge < -0.3 is 10.2 Å². The second-order valence-electron chi connectivity index (χ2n) is 12.6. The molecule has 15 heteroatoms. The van der Waals surface area contributed by atoms with Crippen molar-refractivity contribution in [2.75, 3.05) is 23.7 Å². The molecular weight excluding hydrogens is 725 g/mol. The summed E-state index contributed by atoms with van der Waals surface area (Å²) in [7, 11) is -4.42. The Balaban J connectivity index is 1.40. The van der Waals surface area contributed by atoms with Gasteiger partial charge in [0.15, 0.2) is 11.6 Å². The predicted octanol–water partition coefficient (Wildman–Crippen LogP) is 4.68. The molecule has 0 radical (unpaired) electrons. The maximum absolute atomic E-state index is 14.2. The van der Waals surface area contributed by atoms with Gasteiger partial charge in [0.1, 0.15) is 16.7 Å². The highest BCUT2D eigenvalue weighted by molar-refractivity contribution is 8.03. The average Bonchev–Trinajstić information content (AvgIpc) is 3.78. The largest absolute Gasteiger partial charge is 0.354 e. The smallest absolute Gasteiger partial charge is 0.266 e. The number of allylic oxidation sites excluding steroid dienone is 6. The third-order valence-corrected chi connectivity index (χ3v) is 12.1. The number of aryl methyl sites for hydroxylation is 1. The SMILES string of the molecule is CCN1/C(=C/C=C2C=C(/C=C/c3sc4ccccc4[n+]3CC)CC(C(=O)NCCS(=O)(=O)O)(C(=O)NOC3C(=O)CCC3=O)C/2)Sc2ccccc21. The fraction of sp³-hybridized carbons (Fsp3) is 0.324. The maximum atomic E-state index is 14.2. The summed E-state index contributed by atoms with van der Waals surface area (Å²) < 4.78 is 35.6. The van der Waals surface area contributed by atoms with Crippen molar-refractivity contribution in [3.05, 3.63) is 94.0 Å². The molecule has 2 heterocycles. The number of Topliss-reactive ketones (excluding diaryl/α,β-unsaturated/α-hetero) is 2. The number of fused-ring (bicyclic) bond motifs is 2. The van der Waals surface area contributed by atoms with Gasteiger partial charge in [-0.3, -0.25) is 28.6 Å². The third kappa shape index (κ3) is 7.98. The Bertz CT molecular complexity index is 2150. The lowest BCUT2D eigenvalue weighted by Gasteiger charge is -2.35. The Morgan fingerprint density at radius 3 is 2.48 bits per heavy atom. The average molecular weight is 764 g/mol. The van der Waals surface area contributed by atoms with E-state index in [0.29, 0.717) is 24.2 Å². The van der Waals surface area contributed by atoms with Crippen molar-refractivity contribution < 1.29 is 41.6 Å². The zero-order valence-corrected chi connectivity index (χ0v) is 31.1. The van der Waals surface area contributed by atoms with Crippen LogP contribution in [-0.4, -0.2) is 61.3 Å². The zero-order chi connectivity index (χ0) is 37.0. The van der Waals surface area contributed by atoms with Crippen LogP contribution >= 0.6 is 23.1 Å². The molecule has 0 saturated heterocycles. The number of rotatable bonds is 12. The fourth-order valence-corrected chi connectivity index (χ4v) is 9.21. The number of benzene rings is 2. The van der Waals surface area contributed by atoms with Crippen LogP contribution in [-0.2, 0) is 40.7 Å². The first kappa shape index (κ1) is 37.4. The molecule has 0 bridgehead atoms. The van der Waals surface area contributed by atoms with E-state index in [1.807, 2.05) is 78.9 Å². The number of nitrogens with zero attached hydrogens (tertiary/aromatic N) is 2. The van der Waals surface area contributed by atoms with Gasteiger partial charge in [-0.2, -0.15) is 13.0 Å². The summed E-state index contributed by atoms with van der Waals surface area (Å²) in [6.07, 6.45) is 7.79. The summed E-state index contributed by atoms with van der Waals surface area (Å²) in [5, 5.41) is 4.42. The first-order valence-corrected chi connectivity index (χ1v) is 20.2. The van der Waals surface area contributed by atoms with Crippen molar-refractivity contribution in [3.63, 3.8) is 0 Å². The molecule has 12 nitrogen and oxygen atoms in total. The number of thiazole rings is 1. The van der Waals surface area contributed by atoms with Gasteiger partial charge in [0.05, 0.1) is 16.5 Å². The molecule has 6 rings (SSSR count). The first-order valence-electron chi connectivity index (χ1n) is 16.9. The van der Waals surface area contributed by atoms with Crippen molar-refractivity contribution in [1.82, 2.24) is 10.8 Å². The van der Waals surface area contributed by atoms with Gasteiger partial charge in [-0.05, 0) is 62.1 Å². The molecule has 1 atom stereocenters. The Morgan fingerprint density at radius 1 is 1.02 bits per heavy atom. The van der Waals surface area contributed by atoms with Crippen LogP contribution < -0.4 is 20.3 Å². The van der Waals surface area contributed by atoms with Crippen LogP contribution in [0.1, 0.15) is 44.5 Å². The van der Waals surface area contributed by atoms with Crippen LogP contribution in [0.4, 0.5) is 5.69 Å². The van der Waals surface area contributed by atoms with Crippen molar-refractivity contribution in [2.24, 2.45) is 5.41 Å². The monoisotopic (exact) mass is 763 g/mol. The molecule has 1 aliphatic heterocycles. The number of carbonyl (C=O) groups is 4. The van der Waals surface area contributed by atoms with Gasteiger partial charge in [0.25, 0.3) is 21.0 Å². The molecule has 0 spiro atoms. The molecule has 3 aromatic rings. The molecule has 2 aromatic carbocycles. The van der Waals surface area contributed by atoms with Crippen LogP contribution in [0.5, 0.6) is 0 Å². The van der Waals surface area contributed by atoms with Crippen LogP contribution in [0.25, 0.3) is 16.3 Å². The van der Waals surface area contributed by atoms with Gasteiger partial charge in [-0.1, -0.05) is 65.6 Å². The van der Waals surface area contributed by atoms with Gasteiger partial charge >= 0.3 is 0 Å². The summed E-state index contributed by atoms with van der Waals surface area (Å²) in [6, 6.07) is 16.1. The van der Waals surface area contributed by atoms with Crippen molar-refractivity contribution in [3.8, 4) is 0 Å². The number of hydrogen-bond acceptors (Lipinski definition) is 10. The van der Waals surface area contributed by atoms with Crippen LogP contribution in [0.3, 0.4) is 0 Å². The molecule has 272 valence electrons. The number of ketones is 2. The van der Waals surface area contributed by atoms with Gasteiger partial charge in [0, 0.05) is 43.0 Å². The first-order chi connectivity index (χ1) is 24.9. The Kier molecular flexibility index (Phi) is 11.3. The number of para-hydroxylation sites is 2. The van der Waals surface area contributed by atoms with Crippen LogP contribution in [0.2, 0.25) is 0 Å². The van der Waals surface area contributed by atoms with E-state index in [9.17, 15) is 32.1 Å². The second kappa shape index (κ2) is 15.7. The van der Waals surface area contributed by atoms with Crippen LogP contribution in [0.15, 0.2) is 93.9 Å². The minimum atomic E-state index is -4.42. The fourth-order valence-electron chi connectivity index (χ4n) is 6.59. The number of anilines is 1. The normalized spacial score (nSPS) is 21.1. The van der Waals surface area contributed by atoms with E-state index in [1.54, 1.807) is 23.1 Å². The quantitative estimate of drug-likeness (QED) is 0.102. The summed E-state index contributed by atoms with van der Waals surface area (Å²) >= 11 is 3.21. The summed E-state index contributed by atoms with van der Waals surface area (Å²) in [5.74, 6) is -3.41. The molecule has 1 aromatic heterocycles. The zero-order valence-electron chi connectivity index (χ0n) is 28.7. The highest BCUT2D eigenvalue weighted by Gasteiger charge is 2.49. The molecule has 1 unspecified atom stereocenters. The highest BCUT2D eigenvalue weighted by Crippen LogP contribution is 2.46. The number of nitrogens with one attached hydrogen (secondary N) is 2. The Morgan fingerprint density at radius 2 is 1.75 bits per heavy atom. The molecule has 3 aliphatic rings. The number of carbonyl (C=O) groups excluding carboxylic acids is 4. The number of hydrogen-bond donors (Lipinski definition) is 3. The Labute approximate surface area is 310 Å². The summed E-state index contributed by atoms with van der Waals surface area (Å²) in [5.41, 5.74) is 3.76. The lowest BCUT2D eigenvalue weighted by Crippen LogP contribution is -2.54. The van der Waals surface area contributed by atoms with Gasteiger partial charge in [-0.25, -0.2) is 5.48 Å². The van der Waals surface area contributed by atoms with E-state index in [1.165, 1.54) is 0 Å². The standard InChI is InChI=1S/C37H38N4O8S3/c1-3-40-26-9-5-7-11-30(26)50-32(40)17-13-24-21-25(14-18-33-41(4-2)27-10-6-8-12-31(27)51-33)23-37(22-24,35(44)38-19-20-52(46,47)48)36(45)39-49-34-28(42)15-16-29(34)43/h5-14,17-18,21,34H,3-4,15-16,19-20,22-23H2,1-2H3,(H2-,38,39,44,45,46,47,48)/p+1. The number of thioether (sulfide) groups is 1. The lowest BCUT2D eigenvalue weighted by atomic mass is 9.70. The summed E-state index contributed by atoms with van der Waals surface area (Å²) in [6.45, 7) is 5.08. The van der Waals surface area contributed by atoms with Crippen molar-refractivity contribution in [1.29, 1.82) is 0 Å². The molecule has 3 N–H and O–H groups in total. The molecule has 2 amide bonds. The van der Waals surface area contributed by atoms with E-state index >= 15 is 0 Å². The minimum Gasteiger partial charge on any atom is -0.354 e. The minimum absolute atomic E-state index is 0.00792. The number of aromatic nitrogens is 1. The number of amides is 2. The predicted molar refractivity (Wildman–Crippen MR) is 200 cm³/mol. The molecule has 2 aliphatic carbocycles. The van der Waals surface area contributed by atoms with Crippen molar-refractivity contribution >= 4 is 78.6 Å². The Hall–Kier alpha value is -4.41. The lowest BCUT2D eigenvalue weighted by molar-refractivity contribution is -0.665.